The molecule has 1 aliphatic rings. The van der Waals surface area contributed by atoms with Crippen LogP contribution in [0.4, 0.5) is 0 Å². The van der Waals surface area contributed by atoms with Crippen LogP contribution in [0, 0.1) is 13.8 Å². The van der Waals surface area contributed by atoms with Crippen molar-refractivity contribution in [3.05, 3.63) is 142 Å². The third-order valence-corrected chi connectivity index (χ3v) is 7.75. The lowest BCUT2D eigenvalue weighted by Gasteiger charge is -2.25. The van der Waals surface area contributed by atoms with Crippen molar-refractivity contribution >= 4 is 23.1 Å². The average molecular weight is 558 g/mol. The van der Waals surface area contributed by atoms with Gasteiger partial charge in [-0.15, -0.1) is 0 Å². The van der Waals surface area contributed by atoms with Crippen LogP contribution >= 0.6 is 0 Å². The predicted octanol–water partition coefficient (Wildman–Crippen LogP) is 6.19. The number of carbonyl (C=O) groups is 2. The number of imidazole rings is 1. The van der Waals surface area contributed by atoms with Crippen molar-refractivity contribution < 1.29 is 19.4 Å². The number of hydrogen-bond acceptors (Lipinski definition) is 5. The van der Waals surface area contributed by atoms with Crippen LogP contribution in [0.25, 0.3) is 11.4 Å². The number of nitrogens with zero attached hydrogens (tertiary/aromatic N) is 3. The summed E-state index contributed by atoms with van der Waals surface area (Å²) in [6.45, 7) is 4.45. The normalized spacial score (nSPS) is 16.3. The molecule has 42 heavy (non-hydrogen) atoms. The molecule has 1 aliphatic heterocycles. The molecule has 2 aromatic heterocycles. The monoisotopic (exact) mass is 557 g/mol. The minimum absolute atomic E-state index is 0.0254. The van der Waals surface area contributed by atoms with Gasteiger partial charge in [-0.05, 0) is 60.7 Å². The summed E-state index contributed by atoms with van der Waals surface area (Å²) < 4.78 is 7.96. The Kier molecular flexibility index (Phi) is 7.32. The second kappa shape index (κ2) is 11.4. The Morgan fingerprint density at radius 2 is 1.60 bits per heavy atom. The summed E-state index contributed by atoms with van der Waals surface area (Å²) in [6.07, 6.45) is 2.42. The van der Waals surface area contributed by atoms with Crippen LogP contribution in [0.1, 0.15) is 39.7 Å². The maximum Gasteiger partial charge on any atom is 0.295 e. The zero-order valence-corrected chi connectivity index (χ0v) is 23.5. The highest BCUT2D eigenvalue weighted by atomic mass is 16.5. The van der Waals surface area contributed by atoms with Crippen molar-refractivity contribution in [2.45, 2.75) is 32.9 Å². The Labute approximate surface area is 244 Å². The number of benzene rings is 3. The molecule has 0 saturated carbocycles. The molecule has 0 radical (unpaired) electrons. The lowest BCUT2D eigenvalue weighted by Crippen LogP contribution is -2.31. The Morgan fingerprint density at radius 3 is 2.31 bits per heavy atom. The van der Waals surface area contributed by atoms with E-state index in [1.165, 1.54) is 0 Å². The summed E-state index contributed by atoms with van der Waals surface area (Å²) in [7, 11) is 0. The van der Waals surface area contributed by atoms with Crippen molar-refractivity contribution in [3.8, 4) is 5.75 Å². The van der Waals surface area contributed by atoms with Crippen molar-refractivity contribution in [1.29, 1.82) is 0 Å². The molecule has 1 saturated heterocycles. The fourth-order valence-corrected chi connectivity index (χ4v) is 5.54. The second-order valence-corrected chi connectivity index (χ2v) is 10.5. The summed E-state index contributed by atoms with van der Waals surface area (Å²) in [4.78, 5) is 33.4. The first kappa shape index (κ1) is 27.0. The van der Waals surface area contributed by atoms with Crippen LogP contribution in [0.15, 0.2) is 109 Å². The number of carbonyl (C=O) groups excluding carboxylic acids is 2. The van der Waals surface area contributed by atoms with Crippen LogP contribution in [0.3, 0.4) is 0 Å². The Bertz CT molecular complexity index is 1810. The number of Topliss-reactive ketones (excluding diaryl/α,β-unsaturated/α-hetero) is 1. The number of hydrogen-bond donors (Lipinski definition) is 1. The van der Waals surface area contributed by atoms with Gasteiger partial charge in [-0.3, -0.25) is 9.59 Å². The summed E-state index contributed by atoms with van der Waals surface area (Å²) in [6, 6.07) is 30.1. The average Bonchev–Trinajstić information content (AvgIpc) is 3.49. The molecule has 1 unspecified atom stereocenters. The SMILES string of the molecule is Cc1cccn2c(C)c(/C(O)=C3\C(=O)C(=O)N(CCc4ccccc4)C3c3cccc(OCc4ccccc4)c3)nc12. The minimum Gasteiger partial charge on any atom is -0.505 e. The van der Waals surface area contributed by atoms with Gasteiger partial charge in [0.2, 0.25) is 0 Å². The summed E-state index contributed by atoms with van der Waals surface area (Å²) >= 11 is 0. The van der Waals surface area contributed by atoms with E-state index < -0.39 is 17.7 Å². The molecule has 210 valence electrons. The molecule has 7 nitrogen and oxygen atoms in total. The largest absolute Gasteiger partial charge is 0.505 e. The summed E-state index contributed by atoms with van der Waals surface area (Å²) in [5.41, 5.74) is 5.35. The van der Waals surface area contributed by atoms with Crippen LogP contribution in [-0.4, -0.2) is 37.6 Å². The fraction of sp³-hybridized carbons (Fsp3) is 0.171. The maximum absolute atomic E-state index is 13.6. The zero-order chi connectivity index (χ0) is 29.2. The van der Waals surface area contributed by atoms with E-state index in [2.05, 4.69) is 0 Å². The second-order valence-electron chi connectivity index (χ2n) is 10.5. The molecule has 0 aliphatic carbocycles. The van der Waals surface area contributed by atoms with Gasteiger partial charge in [-0.25, -0.2) is 4.98 Å². The number of amides is 1. The lowest BCUT2D eigenvalue weighted by molar-refractivity contribution is -0.139. The number of aliphatic hydroxyl groups is 1. The third kappa shape index (κ3) is 5.05. The molecule has 1 N–H and O–H groups in total. The quantitative estimate of drug-likeness (QED) is 0.140. The Balaban J connectivity index is 1.43. The highest BCUT2D eigenvalue weighted by Gasteiger charge is 2.46. The van der Waals surface area contributed by atoms with Crippen LogP contribution in [0.2, 0.25) is 0 Å². The number of rotatable bonds is 8. The van der Waals surface area contributed by atoms with E-state index in [0.717, 1.165) is 16.7 Å². The molecule has 6 rings (SSSR count). The van der Waals surface area contributed by atoms with Crippen molar-refractivity contribution in [2.24, 2.45) is 0 Å². The van der Waals surface area contributed by atoms with E-state index in [0.29, 0.717) is 42.2 Å². The predicted molar refractivity (Wildman–Crippen MR) is 161 cm³/mol. The molecule has 3 aromatic carbocycles. The molecule has 3 heterocycles. The molecule has 5 aromatic rings. The number of aromatic nitrogens is 2. The van der Waals surface area contributed by atoms with Crippen molar-refractivity contribution in [1.82, 2.24) is 14.3 Å². The topological polar surface area (TPSA) is 84.1 Å². The van der Waals surface area contributed by atoms with Gasteiger partial charge in [0.1, 0.15) is 23.7 Å². The van der Waals surface area contributed by atoms with E-state index >= 15 is 0 Å². The Hall–Kier alpha value is -5.17. The Morgan fingerprint density at radius 1 is 0.881 bits per heavy atom. The summed E-state index contributed by atoms with van der Waals surface area (Å²) in [5, 5.41) is 11.7. The van der Waals surface area contributed by atoms with Crippen LogP contribution in [-0.2, 0) is 22.6 Å². The number of likely N-dealkylation sites (tertiary alicyclic amines) is 1. The number of ketones is 1. The number of fused-ring (bicyclic) bond motifs is 1. The molecule has 1 fully saturated rings. The number of aryl methyl sites for hydroxylation is 2. The fourth-order valence-electron chi connectivity index (χ4n) is 5.54. The number of aliphatic hydroxyl groups excluding tert-OH is 1. The van der Waals surface area contributed by atoms with Gasteiger partial charge in [0, 0.05) is 12.7 Å². The van der Waals surface area contributed by atoms with Gasteiger partial charge in [-0.1, -0.05) is 78.9 Å². The highest BCUT2D eigenvalue weighted by Crippen LogP contribution is 2.41. The standard InChI is InChI=1S/C35H31N3O4/c1-23-11-10-19-37-24(2)30(36-34(23)37)32(39)29-31(38(35(41)33(29)40)20-18-25-12-5-3-6-13-25)27-16-9-17-28(21-27)42-22-26-14-7-4-8-15-26/h3-17,19,21,31,39H,18,20,22H2,1-2H3/b32-29+. The van der Waals surface area contributed by atoms with Gasteiger partial charge in [-0.2, -0.15) is 0 Å². The van der Waals surface area contributed by atoms with Gasteiger partial charge in [0.15, 0.2) is 5.76 Å². The third-order valence-electron chi connectivity index (χ3n) is 7.75. The smallest absolute Gasteiger partial charge is 0.295 e. The maximum atomic E-state index is 13.6. The van der Waals surface area contributed by atoms with E-state index in [4.69, 9.17) is 9.72 Å². The van der Waals surface area contributed by atoms with Gasteiger partial charge < -0.3 is 19.1 Å². The number of ether oxygens (including phenoxy) is 1. The van der Waals surface area contributed by atoms with E-state index in [1.807, 2.05) is 122 Å². The molecular formula is C35H31N3O4. The molecule has 7 heteroatoms. The van der Waals surface area contributed by atoms with Gasteiger partial charge in [0.05, 0.1) is 17.3 Å². The molecule has 1 amide bonds. The highest BCUT2D eigenvalue weighted by molar-refractivity contribution is 6.46. The molecule has 1 atom stereocenters. The minimum atomic E-state index is -0.806. The van der Waals surface area contributed by atoms with Gasteiger partial charge >= 0.3 is 0 Å². The molecular weight excluding hydrogens is 526 g/mol. The van der Waals surface area contributed by atoms with Crippen LogP contribution in [0.5, 0.6) is 5.75 Å². The van der Waals surface area contributed by atoms with Gasteiger partial charge in [0.25, 0.3) is 11.7 Å². The first-order valence-electron chi connectivity index (χ1n) is 14.0. The van der Waals surface area contributed by atoms with Crippen molar-refractivity contribution in [3.63, 3.8) is 0 Å². The number of pyridine rings is 1. The lowest BCUT2D eigenvalue weighted by atomic mass is 9.96. The van der Waals surface area contributed by atoms with E-state index in [-0.39, 0.29) is 17.0 Å². The zero-order valence-electron chi connectivity index (χ0n) is 23.5. The first-order valence-corrected chi connectivity index (χ1v) is 14.0. The molecule has 0 bridgehead atoms. The molecule has 0 spiro atoms. The van der Waals surface area contributed by atoms with E-state index in [9.17, 15) is 14.7 Å². The summed E-state index contributed by atoms with van der Waals surface area (Å²) in [5.74, 6) is -1.05. The van der Waals surface area contributed by atoms with Crippen LogP contribution < -0.4 is 4.74 Å². The van der Waals surface area contributed by atoms with Crippen molar-refractivity contribution in [2.75, 3.05) is 6.54 Å². The van der Waals surface area contributed by atoms with E-state index in [1.54, 1.807) is 4.90 Å². The first-order chi connectivity index (χ1) is 20.4.